The summed E-state index contributed by atoms with van der Waals surface area (Å²) in [6.07, 6.45) is 8.66. The van der Waals surface area contributed by atoms with Gasteiger partial charge in [-0.15, -0.1) is 0 Å². The van der Waals surface area contributed by atoms with Crippen LogP contribution in [0.2, 0.25) is 0 Å². The molecule has 2 unspecified atom stereocenters. The molecule has 3 aliphatic rings. The third kappa shape index (κ3) is 3.57. The van der Waals surface area contributed by atoms with Crippen LogP contribution in [0.4, 0.5) is 0 Å². The Morgan fingerprint density at radius 2 is 1.76 bits per heavy atom. The minimum Gasteiger partial charge on any atom is -0.354 e. The largest absolute Gasteiger partial charge is 0.354 e. The van der Waals surface area contributed by atoms with Gasteiger partial charge in [0.15, 0.2) is 0 Å². The number of hydrogen-bond donors (Lipinski definition) is 1. The number of nitrogens with zero attached hydrogens (tertiary/aromatic N) is 2. The van der Waals surface area contributed by atoms with Crippen LogP contribution in [0.5, 0.6) is 0 Å². The van der Waals surface area contributed by atoms with E-state index in [1.54, 1.807) is 0 Å². The van der Waals surface area contributed by atoms with Crippen molar-refractivity contribution in [1.29, 1.82) is 0 Å². The van der Waals surface area contributed by atoms with Crippen molar-refractivity contribution in [3.63, 3.8) is 0 Å². The first-order valence-corrected chi connectivity index (χ1v) is 8.54. The molecule has 2 amide bonds. The Balaban J connectivity index is 1.64. The van der Waals surface area contributed by atoms with Crippen molar-refractivity contribution in [3.05, 3.63) is 0 Å². The van der Waals surface area contributed by atoms with Crippen LogP contribution < -0.4 is 5.32 Å². The van der Waals surface area contributed by atoms with Crippen molar-refractivity contribution in [2.45, 2.75) is 63.5 Å². The second-order valence-corrected chi connectivity index (χ2v) is 6.71. The van der Waals surface area contributed by atoms with Crippen LogP contribution in [-0.4, -0.2) is 59.9 Å². The molecule has 2 atom stereocenters. The molecule has 3 saturated heterocycles. The van der Waals surface area contributed by atoms with Crippen molar-refractivity contribution < 1.29 is 9.59 Å². The lowest BCUT2D eigenvalue weighted by Gasteiger charge is -2.40. The van der Waals surface area contributed by atoms with Gasteiger partial charge in [-0.2, -0.15) is 0 Å². The fourth-order valence-corrected chi connectivity index (χ4v) is 4.01. The molecule has 0 aromatic carbocycles. The van der Waals surface area contributed by atoms with Crippen molar-refractivity contribution in [2.75, 3.05) is 26.2 Å². The van der Waals surface area contributed by atoms with Gasteiger partial charge >= 0.3 is 0 Å². The van der Waals surface area contributed by atoms with Gasteiger partial charge in [-0.3, -0.25) is 14.5 Å². The molecule has 21 heavy (non-hydrogen) atoms. The van der Waals surface area contributed by atoms with Crippen LogP contribution in [0.15, 0.2) is 0 Å². The fraction of sp³-hybridized carbons (Fsp3) is 0.875. The summed E-state index contributed by atoms with van der Waals surface area (Å²) in [6.45, 7) is 3.05. The zero-order valence-electron chi connectivity index (χ0n) is 12.9. The van der Waals surface area contributed by atoms with Gasteiger partial charge in [0.25, 0.3) is 0 Å². The molecule has 0 radical (unpaired) electrons. The fourth-order valence-electron chi connectivity index (χ4n) is 4.01. The number of amides is 2. The molecule has 118 valence electrons. The molecule has 3 fully saturated rings. The Labute approximate surface area is 127 Å². The third-order valence-corrected chi connectivity index (χ3v) is 5.25. The van der Waals surface area contributed by atoms with Crippen molar-refractivity contribution in [2.24, 2.45) is 0 Å². The van der Waals surface area contributed by atoms with E-state index in [-0.39, 0.29) is 17.9 Å². The minimum atomic E-state index is 0.150. The van der Waals surface area contributed by atoms with E-state index < -0.39 is 0 Å². The SMILES string of the molecule is O=C1CC2CCCC(CN1)N2CC(=O)N1CCCCCC1. The zero-order valence-corrected chi connectivity index (χ0v) is 12.9. The normalized spacial score (nSPS) is 31.2. The van der Waals surface area contributed by atoms with Crippen molar-refractivity contribution in [3.8, 4) is 0 Å². The number of piperidine rings is 1. The molecule has 1 N–H and O–H groups in total. The predicted octanol–water partition coefficient (Wildman–Crippen LogP) is 1.13. The molecule has 3 aliphatic heterocycles. The Hall–Kier alpha value is -1.10. The van der Waals surface area contributed by atoms with Crippen LogP contribution >= 0.6 is 0 Å². The second-order valence-electron chi connectivity index (χ2n) is 6.71. The molecule has 3 heterocycles. The Morgan fingerprint density at radius 3 is 2.52 bits per heavy atom. The van der Waals surface area contributed by atoms with Crippen LogP contribution in [0.1, 0.15) is 51.4 Å². The Kier molecular flexibility index (Phi) is 4.78. The summed E-state index contributed by atoms with van der Waals surface area (Å²) in [5.74, 6) is 0.416. The molecule has 0 spiro atoms. The van der Waals surface area contributed by atoms with Gasteiger partial charge in [-0.25, -0.2) is 0 Å². The summed E-state index contributed by atoms with van der Waals surface area (Å²) >= 11 is 0. The molecule has 5 heteroatoms. The highest BCUT2D eigenvalue weighted by atomic mass is 16.2. The van der Waals surface area contributed by atoms with Gasteiger partial charge in [0, 0.05) is 38.1 Å². The number of rotatable bonds is 2. The first-order valence-electron chi connectivity index (χ1n) is 8.54. The van der Waals surface area contributed by atoms with Gasteiger partial charge in [-0.1, -0.05) is 19.3 Å². The number of nitrogens with one attached hydrogen (secondary N) is 1. The number of likely N-dealkylation sites (tertiary alicyclic amines) is 1. The van der Waals surface area contributed by atoms with Crippen molar-refractivity contribution in [1.82, 2.24) is 15.1 Å². The summed E-state index contributed by atoms with van der Waals surface area (Å²) in [5.41, 5.74) is 0. The van der Waals surface area contributed by atoms with Gasteiger partial charge in [0.05, 0.1) is 6.54 Å². The average molecular weight is 293 g/mol. The van der Waals surface area contributed by atoms with E-state index in [0.29, 0.717) is 25.6 Å². The first kappa shape index (κ1) is 14.8. The third-order valence-electron chi connectivity index (χ3n) is 5.25. The summed E-state index contributed by atoms with van der Waals surface area (Å²) in [4.78, 5) is 28.8. The summed E-state index contributed by atoms with van der Waals surface area (Å²) in [7, 11) is 0. The monoisotopic (exact) mass is 293 g/mol. The van der Waals surface area contributed by atoms with Gasteiger partial charge < -0.3 is 10.2 Å². The maximum Gasteiger partial charge on any atom is 0.236 e. The summed E-state index contributed by atoms with van der Waals surface area (Å²) in [6, 6.07) is 0.619. The Bertz CT molecular complexity index is 391. The smallest absolute Gasteiger partial charge is 0.236 e. The maximum absolute atomic E-state index is 12.6. The van der Waals surface area contributed by atoms with Gasteiger partial charge in [0.1, 0.15) is 0 Å². The standard InChI is InChI=1S/C16H27N3O2/c20-15-10-13-6-5-7-14(11-17-15)19(13)12-16(21)18-8-3-1-2-4-9-18/h13-14H,1-12H2,(H,17,20). The van der Waals surface area contributed by atoms with Crippen molar-refractivity contribution >= 4 is 11.8 Å². The number of fused-ring (bicyclic) bond motifs is 2. The zero-order chi connectivity index (χ0) is 14.7. The van der Waals surface area contributed by atoms with E-state index in [2.05, 4.69) is 10.2 Å². The lowest BCUT2D eigenvalue weighted by atomic mass is 9.94. The molecule has 2 bridgehead atoms. The molecule has 5 nitrogen and oxygen atoms in total. The number of carbonyl (C=O) groups excluding carboxylic acids is 2. The number of hydrogen-bond acceptors (Lipinski definition) is 3. The second kappa shape index (κ2) is 6.77. The van der Waals surface area contributed by atoms with Gasteiger partial charge in [-0.05, 0) is 25.7 Å². The van der Waals surface area contributed by atoms with Crippen LogP contribution in [0, 0.1) is 0 Å². The maximum atomic E-state index is 12.6. The summed E-state index contributed by atoms with van der Waals surface area (Å²) < 4.78 is 0. The highest BCUT2D eigenvalue weighted by Crippen LogP contribution is 2.27. The van der Waals surface area contributed by atoms with E-state index >= 15 is 0 Å². The highest BCUT2D eigenvalue weighted by Gasteiger charge is 2.36. The van der Waals surface area contributed by atoms with E-state index in [9.17, 15) is 9.59 Å². The first-order chi connectivity index (χ1) is 10.2. The van der Waals surface area contributed by atoms with Crippen LogP contribution in [0.25, 0.3) is 0 Å². The van der Waals surface area contributed by atoms with Crippen LogP contribution in [0.3, 0.4) is 0 Å². The topological polar surface area (TPSA) is 52.7 Å². The molecule has 3 rings (SSSR count). The lowest BCUT2D eigenvalue weighted by Crippen LogP contribution is -2.52. The van der Waals surface area contributed by atoms with E-state index in [4.69, 9.17) is 0 Å². The van der Waals surface area contributed by atoms with Crippen LogP contribution in [-0.2, 0) is 9.59 Å². The van der Waals surface area contributed by atoms with E-state index in [1.807, 2.05) is 4.90 Å². The van der Waals surface area contributed by atoms with E-state index in [1.165, 1.54) is 19.3 Å². The average Bonchev–Trinajstić information content (AvgIpc) is 2.78. The minimum absolute atomic E-state index is 0.150. The summed E-state index contributed by atoms with van der Waals surface area (Å²) in [5, 5.41) is 3.00. The van der Waals surface area contributed by atoms with E-state index in [0.717, 1.165) is 38.8 Å². The lowest BCUT2D eigenvalue weighted by molar-refractivity contribution is -0.134. The van der Waals surface area contributed by atoms with Gasteiger partial charge in [0.2, 0.25) is 11.8 Å². The number of carbonyl (C=O) groups is 2. The molecule has 0 aromatic heterocycles. The highest BCUT2D eigenvalue weighted by molar-refractivity contribution is 5.79. The molecular formula is C16H27N3O2. The molecule has 0 saturated carbocycles. The Morgan fingerprint density at radius 1 is 1.05 bits per heavy atom. The predicted molar refractivity (Wildman–Crippen MR) is 80.8 cm³/mol. The molecule has 0 aromatic rings. The molecular weight excluding hydrogens is 266 g/mol. The quantitative estimate of drug-likeness (QED) is 0.830. The molecule has 0 aliphatic carbocycles.